The number of carboxylic acid groups (broad SMARTS) is 1. The van der Waals surface area contributed by atoms with Crippen molar-refractivity contribution in [2.75, 3.05) is 0 Å². The first-order chi connectivity index (χ1) is 7.95. The van der Waals surface area contributed by atoms with Gasteiger partial charge >= 0.3 is 5.97 Å². The fourth-order valence-electron chi connectivity index (χ4n) is 1.27. The van der Waals surface area contributed by atoms with Crippen LogP contribution in [0.1, 0.15) is 23.7 Å². The number of nitrogens with one attached hydrogen (secondary N) is 1. The van der Waals surface area contributed by atoms with E-state index in [1.54, 1.807) is 6.92 Å². The summed E-state index contributed by atoms with van der Waals surface area (Å²) in [5.41, 5.74) is -0.161. The molecular weight excluding hydrogens is 229 g/mol. The number of halogens is 1. The van der Waals surface area contributed by atoms with Gasteiger partial charge < -0.3 is 15.5 Å². The number of amides is 1. The molecule has 1 atom stereocenters. The Kier molecular flexibility index (Phi) is 4.03. The van der Waals surface area contributed by atoms with Crippen LogP contribution >= 0.6 is 0 Å². The standard InChI is InChI=1S/C11H12FNO4/c1-2-8(11(16)17)13-10(15)7-4-3-6(12)5-9(7)14/h3-5,8,14H,2H2,1H3,(H,13,15)(H,16,17). The van der Waals surface area contributed by atoms with Gasteiger partial charge in [0.05, 0.1) is 5.56 Å². The molecule has 0 aliphatic carbocycles. The first kappa shape index (κ1) is 13.0. The van der Waals surface area contributed by atoms with Gasteiger partial charge in [0.25, 0.3) is 5.91 Å². The van der Waals surface area contributed by atoms with Crippen molar-refractivity contribution in [1.29, 1.82) is 0 Å². The van der Waals surface area contributed by atoms with Crippen molar-refractivity contribution in [3.63, 3.8) is 0 Å². The smallest absolute Gasteiger partial charge is 0.326 e. The molecule has 0 saturated heterocycles. The molecule has 3 N–H and O–H groups in total. The molecule has 17 heavy (non-hydrogen) atoms. The fraction of sp³-hybridized carbons (Fsp3) is 0.273. The summed E-state index contributed by atoms with van der Waals surface area (Å²) in [6, 6.07) is 1.86. The van der Waals surface area contributed by atoms with Crippen molar-refractivity contribution >= 4 is 11.9 Å². The lowest BCUT2D eigenvalue weighted by atomic mass is 10.1. The maximum Gasteiger partial charge on any atom is 0.326 e. The minimum Gasteiger partial charge on any atom is -0.507 e. The highest BCUT2D eigenvalue weighted by molar-refractivity contribution is 5.98. The number of hydrogen-bond donors (Lipinski definition) is 3. The van der Waals surface area contributed by atoms with Gasteiger partial charge in [-0.1, -0.05) is 6.92 Å². The molecule has 0 saturated carbocycles. The van der Waals surface area contributed by atoms with Crippen molar-refractivity contribution in [1.82, 2.24) is 5.32 Å². The number of phenols is 1. The summed E-state index contributed by atoms with van der Waals surface area (Å²) in [6.07, 6.45) is 0.211. The molecule has 0 aliphatic rings. The highest BCUT2D eigenvalue weighted by atomic mass is 19.1. The van der Waals surface area contributed by atoms with Gasteiger partial charge in [-0.25, -0.2) is 9.18 Å². The van der Waals surface area contributed by atoms with Crippen LogP contribution < -0.4 is 5.32 Å². The van der Waals surface area contributed by atoms with Gasteiger partial charge in [-0.15, -0.1) is 0 Å². The molecule has 6 heteroatoms. The number of hydrogen-bond acceptors (Lipinski definition) is 3. The highest BCUT2D eigenvalue weighted by Gasteiger charge is 2.20. The highest BCUT2D eigenvalue weighted by Crippen LogP contribution is 2.18. The summed E-state index contributed by atoms with van der Waals surface area (Å²) in [4.78, 5) is 22.3. The average molecular weight is 241 g/mol. The Labute approximate surface area is 96.9 Å². The molecule has 1 aromatic rings. The zero-order chi connectivity index (χ0) is 13.0. The predicted octanol–water partition coefficient (Wildman–Crippen LogP) is 1.12. The third-order valence-corrected chi connectivity index (χ3v) is 2.22. The van der Waals surface area contributed by atoms with E-state index in [0.29, 0.717) is 0 Å². The van der Waals surface area contributed by atoms with Crippen molar-refractivity contribution in [3.8, 4) is 5.75 Å². The molecule has 0 radical (unpaired) electrons. The van der Waals surface area contributed by atoms with Crippen LogP contribution in [0.5, 0.6) is 5.75 Å². The lowest BCUT2D eigenvalue weighted by Gasteiger charge is -2.12. The fourth-order valence-corrected chi connectivity index (χ4v) is 1.27. The summed E-state index contributed by atoms with van der Waals surface area (Å²) in [5, 5.41) is 20.3. The molecule has 5 nitrogen and oxygen atoms in total. The number of aliphatic carboxylic acids is 1. The van der Waals surface area contributed by atoms with Crippen LogP contribution in [-0.4, -0.2) is 28.1 Å². The van der Waals surface area contributed by atoms with Gasteiger partial charge in [0.1, 0.15) is 17.6 Å². The van der Waals surface area contributed by atoms with E-state index < -0.39 is 29.5 Å². The molecule has 0 heterocycles. The van der Waals surface area contributed by atoms with Crippen molar-refractivity contribution in [3.05, 3.63) is 29.6 Å². The Hall–Kier alpha value is -2.11. The van der Waals surface area contributed by atoms with Crippen LogP contribution in [0, 0.1) is 5.82 Å². The molecule has 1 aromatic carbocycles. The molecule has 1 rings (SSSR count). The second kappa shape index (κ2) is 5.29. The summed E-state index contributed by atoms with van der Waals surface area (Å²) in [7, 11) is 0. The minimum absolute atomic E-state index is 0.161. The molecule has 1 unspecified atom stereocenters. The average Bonchev–Trinajstić information content (AvgIpc) is 2.24. The van der Waals surface area contributed by atoms with E-state index in [2.05, 4.69) is 5.32 Å². The maximum absolute atomic E-state index is 12.7. The first-order valence-corrected chi connectivity index (χ1v) is 4.98. The van der Waals surface area contributed by atoms with Crippen molar-refractivity contribution < 1.29 is 24.2 Å². The van der Waals surface area contributed by atoms with Gasteiger partial charge in [0.2, 0.25) is 0 Å². The molecule has 0 bridgehead atoms. The quantitative estimate of drug-likeness (QED) is 0.737. The van der Waals surface area contributed by atoms with Crippen LogP contribution in [0.4, 0.5) is 4.39 Å². The first-order valence-electron chi connectivity index (χ1n) is 4.98. The minimum atomic E-state index is -1.16. The van der Waals surface area contributed by atoms with Crippen molar-refractivity contribution in [2.45, 2.75) is 19.4 Å². The summed E-state index contributed by atoms with van der Waals surface area (Å²) < 4.78 is 12.7. The monoisotopic (exact) mass is 241 g/mol. The number of phenolic OH excluding ortho intramolecular Hbond substituents is 1. The molecule has 0 fully saturated rings. The van der Waals surface area contributed by atoms with E-state index >= 15 is 0 Å². The topological polar surface area (TPSA) is 86.6 Å². The van der Waals surface area contributed by atoms with Crippen LogP contribution in [0.15, 0.2) is 18.2 Å². The zero-order valence-corrected chi connectivity index (χ0v) is 9.11. The van der Waals surface area contributed by atoms with Gasteiger partial charge in [-0.05, 0) is 18.6 Å². The van der Waals surface area contributed by atoms with E-state index in [1.165, 1.54) is 0 Å². The van der Waals surface area contributed by atoms with Crippen LogP contribution in [0.25, 0.3) is 0 Å². The largest absolute Gasteiger partial charge is 0.507 e. The Morgan fingerprint density at radius 3 is 2.59 bits per heavy atom. The lowest BCUT2D eigenvalue weighted by molar-refractivity contribution is -0.139. The number of aromatic hydroxyl groups is 1. The van der Waals surface area contributed by atoms with Crippen LogP contribution in [0.2, 0.25) is 0 Å². The second-order valence-electron chi connectivity index (χ2n) is 3.43. The molecular formula is C11H12FNO4. The third-order valence-electron chi connectivity index (χ3n) is 2.22. The molecule has 0 spiro atoms. The zero-order valence-electron chi connectivity index (χ0n) is 9.11. The van der Waals surface area contributed by atoms with Gasteiger partial charge in [-0.2, -0.15) is 0 Å². The van der Waals surface area contributed by atoms with Crippen molar-refractivity contribution in [2.24, 2.45) is 0 Å². The second-order valence-corrected chi connectivity index (χ2v) is 3.43. The summed E-state index contributed by atoms with van der Waals surface area (Å²) >= 11 is 0. The van der Waals surface area contributed by atoms with Gasteiger partial charge in [-0.3, -0.25) is 4.79 Å². The summed E-state index contributed by atoms with van der Waals surface area (Å²) in [6.45, 7) is 1.60. The van der Waals surface area contributed by atoms with Gasteiger partial charge in [0, 0.05) is 6.07 Å². The third kappa shape index (κ3) is 3.17. The number of carboxylic acids is 1. The van der Waals surface area contributed by atoms with Gasteiger partial charge in [0.15, 0.2) is 0 Å². The van der Waals surface area contributed by atoms with E-state index in [1.807, 2.05) is 0 Å². The van der Waals surface area contributed by atoms with Crippen LogP contribution in [-0.2, 0) is 4.79 Å². The maximum atomic E-state index is 12.7. The molecule has 0 aliphatic heterocycles. The normalized spacial score (nSPS) is 11.9. The van der Waals surface area contributed by atoms with E-state index in [9.17, 15) is 19.1 Å². The lowest BCUT2D eigenvalue weighted by Crippen LogP contribution is -2.40. The Morgan fingerprint density at radius 1 is 1.47 bits per heavy atom. The molecule has 0 aromatic heterocycles. The van der Waals surface area contributed by atoms with E-state index in [4.69, 9.17) is 5.11 Å². The van der Waals surface area contributed by atoms with E-state index in [0.717, 1.165) is 18.2 Å². The Balaban J connectivity index is 2.86. The number of rotatable bonds is 4. The number of carbonyl (C=O) groups excluding carboxylic acids is 1. The Bertz CT molecular complexity index is 447. The molecule has 1 amide bonds. The van der Waals surface area contributed by atoms with E-state index in [-0.39, 0.29) is 12.0 Å². The number of carbonyl (C=O) groups is 2. The van der Waals surface area contributed by atoms with Crippen LogP contribution in [0.3, 0.4) is 0 Å². The Morgan fingerprint density at radius 2 is 2.12 bits per heavy atom. The number of benzene rings is 1. The molecule has 92 valence electrons. The summed E-state index contributed by atoms with van der Waals surface area (Å²) in [5.74, 6) is -3.12. The predicted molar refractivity (Wildman–Crippen MR) is 57.2 cm³/mol. The SMILES string of the molecule is CCC(NC(=O)c1ccc(F)cc1O)C(=O)O.